The molecule has 0 aliphatic heterocycles. The van der Waals surface area contributed by atoms with Crippen LogP contribution in [0.15, 0.2) is 18.2 Å². The lowest BCUT2D eigenvalue weighted by Crippen LogP contribution is -2.11. The summed E-state index contributed by atoms with van der Waals surface area (Å²) in [5, 5.41) is 0. The van der Waals surface area contributed by atoms with Crippen LogP contribution in [0.3, 0.4) is 0 Å². The number of ether oxygens (including phenoxy) is 2. The fraction of sp³-hybridized carbons (Fsp3) is 0.647. The Morgan fingerprint density at radius 1 is 1.10 bits per heavy atom. The predicted molar refractivity (Wildman–Crippen MR) is 85.5 cm³/mol. The fourth-order valence-electron chi connectivity index (χ4n) is 2.07. The number of hydrogen-bond acceptors (Lipinski definition) is 3. The van der Waals surface area contributed by atoms with Gasteiger partial charge in [-0.1, -0.05) is 33.1 Å². The molecule has 0 aliphatic rings. The summed E-state index contributed by atoms with van der Waals surface area (Å²) in [5.74, 6) is 1.57. The lowest BCUT2D eigenvalue weighted by Gasteiger charge is -2.16. The summed E-state index contributed by atoms with van der Waals surface area (Å²) >= 11 is 0. The Balaban J connectivity index is 2.46. The van der Waals surface area contributed by atoms with Crippen LogP contribution in [0.2, 0.25) is 0 Å². The molecule has 0 spiro atoms. The molecule has 1 atom stereocenters. The van der Waals surface area contributed by atoms with E-state index in [-0.39, 0.29) is 6.10 Å². The van der Waals surface area contributed by atoms with Crippen molar-refractivity contribution in [3.05, 3.63) is 18.2 Å². The Bertz CT molecular complexity index is 379. The number of rotatable bonds is 10. The van der Waals surface area contributed by atoms with E-state index in [0.717, 1.165) is 24.3 Å². The molecule has 1 aromatic rings. The van der Waals surface area contributed by atoms with Gasteiger partial charge in [-0.05, 0) is 38.3 Å². The molecule has 114 valence electrons. The highest BCUT2D eigenvalue weighted by molar-refractivity contribution is 5.55. The molecule has 0 heterocycles. The van der Waals surface area contributed by atoms with Gasteiger partial charge >= 0.3 is 0 Å². The zero-order valence-electron chi connectivity index (χ0n) is 13.2. The first-order valence-corrected chi connectivity index (χ1v) is 7.86. The Labute approximate surface area is 123 Å². The second-order valence-corrected chi connectivity index (χ2v) is 5.33. The molecule has 0 amide bonds. The first kappa shape index (κ1) is 16.7. The Kier molecular flexibility index (Phi) is 7.93. The molecule has 0 bridgehead atoms. The van der Waals surface area contributed by atoms with Crippen molar-refractivity contribution < 1.29 is 9.47 Å². The molecule has 0 saturated carbocycles. The second-order valence-electron chi connectivity index (χ2n) is 5.33. The molecule has 1 unspecified atom stereocenters. The van der Waals surface area contributed by atoms with Gasteiger partial charge in [-0.25, -0.2) is 0 Å². The van der Waals surface area contributed by atoms with E-state index in [9.17, 15) is 0 Å². The highest BCUT2D eigenvalue weighted by atomic mass is 16.5. The van der Waals surface area contributed by atoms with E-state index >= 15 is 0 Å². The maximum Gasteiger partial charge on any atom is 0.145 e. The van der Waals surface area contributed by atoms with Gasteiger partial charge < -0.3 is 15.2 Å². The van der Waals surface area contributed by atoms with E-state index in [4.69, 9.17) is 15.2 Å². The number of unbranched alkanes of at least 4 members (excludes halogenated alkanes) is 3. The summed E-state index contributed by atoms with van der Waals surface area (Å²) in [4.78, 5) is 0. The van der Waals surface area contributed by atoms with Gasteiger partial charge in [0.2, 0.25) is 0 Å². The molecule has 20 heavy (non-hydrogen) atoms. The Hall–Kier alpha value is -1.38. The summed E-state index contributed by atoms with van der Waals surface area (Å²) in [7, 11) is 0. The standard InChI is InChI=1S/C17H29NO2/c1-4-6-7-8-9-14(3)20-15-10-11-16(18)17(13-15)19-12-5-2/h10-11,13-14H,4-9,12,18H2,1-3H3. The third-order valence-corrected chi connectivity index (χ3v) is 3.25. The SMILES string of the molecule is CCCCCCC(C)Oc1ccc(N)c(OCCC)c1. The highest BCUT2D eigenvalue weighted by Gasteiger charge is 2.07. The van der Waals surface area contributed by atoms with Crippen molar-refractivity contribution in [3.8, 4) is 11.5 Å². The van der Waals surface area contributed by atoms with Crippen molar-refractivity contribution in [3.63, 3.8) is 0 Å². The third-order valence-electron chi connectivity index (χ3n) is 3.25. The average molecular weight is 279 g/mol. The maximum absolute atomic E-state index is 5.93. The number of anilines is 1. The predicted octanol–water partition coefficient (Wildman–Crippen LogP) is 4.80. The molecule has 0 aliphatic carbocycles. The normalized spacial score (nSPS) is 12.2. The molecular weight excluding hydrogens is 250 g/mol. The Morgan fingerprint density at radius 2 is 1.90 bits per heavy atom. The maximum atomic E-state index is 5.93. The van der Waals surface area contributed by atoms with Crippen LogP contribution in [-0.2, 0) is 0 Å². The van der Waals surface area contributed by atoms with Crippen molar-refractivity contribution in [1.29, 1.82) is 0 Å². The lowest BCUT2D eigenvalue weighted by atomic mass is 10.1. The Morgan fingerprint density at radius 3 is 2.60 bits per heavy atom. The molecule has 3 heteroatoms. The molecule has 3 nitrogen and oxygen atoms in total. The summed E-state index contributed by atoms with van der Waals surface area (Å²) in [6, 6.07) is 5.66. The number of nitrogens with two attached hydrogens (primary N) is 1. The largest absolute Gasteiger partial charge is 0.491 e. The molecule has 0 aromatic heterocycles. The molecule has 1 rings (SSSR count). The van der Waals surface area contributed by atoms with Gasteiger partial charge in [-0.2, -0.15) is 0 Å². The van der Waals surface area contributed by atoms with Crippen LogP contribution in [0.4, 0.5) is 5.69 Å². The van der Waals surface area contributed by atoms with Crippen molar-refractivity contribution in [2.24, 2.45) is 0 Å². The minimum Gasteiger partial charge on any atom is -0.491 e. The van der Waals surface area contributed by atoms with Gasteiger partial charge in [0.1, 0.15) is 11.5 Å². The van der Waals surface area contributed by atoms with E-state index in [1.165, 1.54) is 25.7 Å². The summed E-state index contributed by atoms with van der Waals surface area (Å²) in [6.45, 7) is 7.11. The van der Waals surface area contributed by atoms with Crippen LogP contribution in [0.25, 0.3) is 0 Å². The summed E-state index contributed by atoms with van der Waals surface area (Å²) < 4.78 is 11.6. The van der Waals surface area contributed by atoms with E-state index < -0.39 is 0 Å². The average Bonchev–Trinajstić information content (AvgIpc) is 2.44. The zero-order chi connectivity index (χ0) is 14.8. The molecule has 1 aromatic carbocycles. The van der Waals surface area contributed by atoms with Gasteiger partial charge in [-0.15, -0.1) is 0 Å². The topological polar surface area (TPSA) is 44.5 Å². The summed E-state index contributed by atoms with van der Waals surface area (Å²) in [6.07, 6.45) is 7.39. The zero-order valence-corrected chi connectivity index (χ0v) is 13.2. The van der Waals surface area contributed by atoms with Crippen molar-refractivity contribution in [2.45, 2.75) is 65.4 Å². The number of benzene rings is 1. The van der Waals surface area contributed by atoms with Crippen LogP contribution < -0.4 is 15.2 Å². The molecule has 0 fully saturated rings. The fourth-order valence-corrected chi connectivity index (χ4v) is 2.07. The molecule has 0 saturated heterocycles. The first-order chi connectivity index (χ1) is 9.67. The van der Waals surface area contributed by atoms with E-state index in [1.54, 1.807) is 0 Å². The molecule has 2 N–H and O–H groups in total. The van der Waals surface area contributed by atoms with E-state index in [2.05, 4.69) is 20.8 Å². The van der Waals surface area contributed by atoms with Gasteiger partial charge in [0.05, 0.1) is 18.4 Å². The van der Waals surface area contributed by atoms with E-state index in [1.807, 2.05) is 18.2 Å². The number of hydrogen-bond donors (Lipinski definition) is 1. The van der Waals surface area contributed by atoms with Crippen LogP contribution in [0.5, 0.6) is 11.5 Å². The van der Waals surface area contributed by atoms with Crippen molar-refractivity contribution in [1.82, 2.24) is 0 Å². The molecule has 0 radical (unpaired) electrons. The minimum atomic E-state index is 0.231. The quantitative estimate of drug-likeness (QED) is 0.494. The minimum absolute atomic E-state index is 0.231. The van der Waals surface area contributed by atoms with Crippen LogP contribution >= 0.6 is 0 Å². The van der Waals surface area contributed by atoms with Crippen LogP contribution in [0, 0.1) is 0 Å². The van der Waals surface area contributed by atoms with Crippen LogP contribution in [-0.4, -0.2) is 12.7 Å². The third kappa shape index (κ3) is 6.18. The van der Waals surface area contributed by atoms with Gasteiger partial charge in [0, 0.05) is 6.07 Å². The van der Waals surface area contributed by atoms with Gasteiger partial charge in [0.25, 0.3) is 0 Å². The molecular formula is C17H29NO2. The van der Waals surface area contributed by atoms with Crippen molar-refractivity contribution >= 4 is 5.69 Å². The smallest absolute Gasteiger partial charge is 0.145 e. The summed E-state index contributed by atoms with van der Waals surface area (Å²) in [5.41, 5.74) is 6.56. The lowest BCUT2D eigenvalue weighted by molar-refractivity contribution is 0.205. The van der Waals surface area contributed by atoms with Crippen LogP contribution in [0.1, 0.15) is 59.3 Å². The second kappa shape index (κ2) is 9.51. The van der Waals surface area contributed by atoms with Gasteiger partial charge in [-0.3, -0.25) is 0 Å². The van der Waals surface area contributed by atoms with E-state index in [0.29, 0.717) is 12.3 Å². The monoisotopic (exact) mass is 279 g/mol. The number of nitrogen functional groups attached to an aromatic ring is 1. The van der Waals surface area contributed by atoms with Gasteiger partial charge in [0.15, 0.2) is 0 Å². The van der Waals surface area contributed by atoms with Crippen molar-refractivity contribution in [2.75, 3.05) is 12.3 Å². The highest BCUT2D eigenvalue weighted by Crippen LogP contribution is 2.28. The first-order valence-electron chi connectivity index (χ1n) is 7.86.